The Balaban J connectivity index is 1.91. The number of nitrogens with two attached hydrogens (primary N) is 1. The van der Waals surface area contributed by atoms with Crippen molar-refractivity contribution < 1.29 is 19.0 Å². The van der Waals surface area contributed by atoms with Gasteiger partial charge in [0, 0.05) is 19.3 Å². The number of carbonyl (C=O) groups is 1. The largest absolute Gasteiger partial charge is 0.491 e. The van der Waals surface area contributed by atoms with E-state index in [4.69, 9.17) is 19.9 Å². The van der Waals surface area contributed by atoms with Crippen LogP contribution in [-0.4, -0.2) is 45.0 Å². The van der Waals surface area contributed by atoms with Crippen molar-refractivity contribution in [3.8, 4) is 5.75 Å². The molecular weight excluding hydrogens is 284 g/mol. The van der Waals surface area contributed by atoms with Crippen molar-refractivity contribution in [3.05, 3.63) is 23.8 Å². The van der Waals surface area contributed by atoms with Gasteiger partial charge in [0.1, 0.15) is 18.5 Å². The fourth-order valence-corrected chi connectivity index (χ4v) is 2.39. The zero-order chi connectivity index (χ0) is 15.9. The SMILES string of the molecule is COCCOc1ccc(NC(=O)[C@@H]2CC[C@H](CN)O2)c(C)c1. The number of rotatable bonds is 7. The van der Waals surface area contributed by atoms with Crippen LogP contribution in [0.2, 0.25) is 0 Å². The molecule has 2 atom stereocenters. The molecule has 1 aliphatic rings. The molecule has 0 aromatic heterocycles. The zero-order valence-corrected chi connectivity index (χ0v) is 13.1. The summed E-state index contributed by atoms with van der Waals surface area (Å²) in [6, 6.07) is 5.56. The minimum Gasteiger partial charge on any atom is -0.491 e. The van der Waals surface area contributed by atoms with Gasteiger partial charge in [-0.05, 0) is 43.5 Å². The molecular formula is C16H24N2O4. The molecule has 1 amide bonds. The summed E-state index contributed by atoms with van der Waals surface area (Å²) < 4.78 is 16.1. The second kappa shape index (κ2) is 8.12. The van der Waals surface area contributed by atoms with Crippen molar-refractivity contribution in [2.75, 3.05) is 32.2 Å². The molecule has 1 saturated heterocycles. The third-order valence-electron chi connectivity index (χ3n) is 3.67. The van der Waals surface area contributed by atoms with Gasteiger partial charge in [0.05, 0.1) is 12.7 Å². The number of benzene rings is 1. The molecule has 0 unspecified atom stereocenters. The van der Waals surface area contributed by atoms with Crippen LogP contribution in [0.4, 0.5) is 5.69 Å². The predicted molar refractivity (Wildman–Crippen MR) is 84.1 cm³/mol. The topological polar surface area (TPSA) is 82.8 Å². The van der Waals surface area contributed by atoms with Crippen LogP contribution in [0.25, 0.3) is 0 Å². The van der Waals surface area contributed by atoms with Crippen LogP contribution in [0.5, 0.6) is 5.75 Å². The Morgan fingerprint density at radius 2 is 2.23 bits per heavy atom. The van der Waals surface area contributed by atoms with Crippen LogP contribution in [0.1, 0.15) is 18.4 Å². The second-order valence-corrected chi connectivity index (χ2v) is 5.37. The third-order valence-corrected chi connectivity index (χ3v) is 3.67. The molecule has 0 saturated carbocycles. The minimum absolute atomic E-state index is 0.00610. The predicted octanol–water partition coefficient (Wildman–Crippen LogP) is 1.47. The molecule has 3 N–H and O–H groups in total. The van der Waals surface area contributed by atoms with Crippen LogP contribution >= 0.6 is 0 Å². The second-order valence-electron chi connectivity index (χ2n) is 5.37. The van der Waals surface area contributed by atoms with Crippen LogP contribution in [0.3, 0.4) is 0 Å². The molecule has 0 bridgehead atoms. The maximum Gasteiger partial charge on any atom is 0.253 e. The smallest absolute Gasteiger partial charge is 0.253 e. The van der Waals surface area contributed by atoms with E-state index in [1.165, 1.54) is 0 Å². The molecule has 6 heteroatoms. The fraction of sp³-hybridized carbons (Fsp3) is 0.562. The van der Waals surface area contributed by atoms with Gasteiger partial charge in [-0.1, -0.05) is 0 Å². The Labute approximate surface area is 130 Å². The normalized spacial score (nSPS) is 20.9. The highest BCUT2D eigenvalue weighted by molar-refractivity contribution is 5.95. The van der Waals surface area contributed by atoms with Gasteiger partial charge in [-0.15, -0.1) is 0 Å². The number of hydrogen-bond donors (Lipinski definition) is 2. The number of methoxy groups -OCH3 is 1. The lowest BCUT2D eigenvalue weighted by Crippen LogP contribution is -2.30. The summed E-state index contributed by atoms with van der Waals surface area (Å²) in [5, 5.41) is 2.91. The fourth-order valence-electron chi connectivity index (χ4n) is 2.39. The third kappa shape index (κ3) is 4.43. The number of hydrogen-bond acceptors (Lipinski definition) is 5. The first-order valence-corrected chi connectivity index (χ1v) is 7.52. The van der Waals surface area contributed by atoms with E-state index in [0.717, 1.165) is 23.4 Å². The van der Waals surface area contributed by atoms with Crippen LogP contribution in [-0.2, 0) is 14.3 Å². The van der Waals surface area contributed by atoms with Crippen molar-refractivity contribution in [1.82, 2.24) is 0 Å². The zero-order valence-electron chi connectivity index (χ0n) is 13.1. The Hall–Kier alpha value is -1.63. The van der Waals surface area contributed by atoms with E-state index < -0.39 is 6.10 Å². The van der Waals surface area contributed by atoms with Gasteiger partial charge >= 0.3 is 0 Å². The van der Waals surface area contributed by atoms with Gasteiger partial charge in [0.2, 0.25) is 0 Å². The average molecular weight is 308 g/mol. The van der Waals surface area contributed by atoms with Gasteiger partial charge in [0.25, 0.3) is 5.91 Å². The van der Waals surface area contributed by atoms with Crippen LogP contribution in [0.15, 0.2) is 18.2 Å². The lowest BCUT2D eigenvalue weighted by atomic mass is 10.1. The molecule has 22 heavy (non-hydrogen) atoms. The van der Waals surface area contributed by atoms with E-state index in [-0.39, 0.29) is 12.0 Å². The molecule has 1 aromatic rings. The number of ether oxygens (including phenoxy) is 3. The van der Waals surface area contributed by atoms with Gasteiger partial charge in [-0.25, -0.2) is 0 Å². The summed E-state index contributed by atoms with van der Waals surface area (Å²) in [6.07, 6.45) is 1.13. The molecule has 0 radical (unpaired) electrons. The maximum absolute atomic E-state index is 12.2. The van der Waals surface area contributed by atoms with E-state index in [2.05, 4.69) is 5.32 Å². The minimum atomic E-state index is -0.412. The molecule has 1 heterocycles. The van der Waals surface area contributed by atoms with Gasteiger partial charge < -0.3 is 25.3 Å². The van der Waals surface area contributed by atoms with Gasteiger partial charge in [-0.2, -0.15) is 0 Å². The summed E-state index contributed by atoms with van der Waals surface area (Å²) >= 11 is 0. The first-order valence-electron chi connectivity index (χ1n) is 7.52. The van der Waals surface area contributed by atoms with E-state index in [0.29, 0.717) is 26.2 Å². The van der Waals surface area contributed by atoms with Gasteiger partial charge in [0.15, 0.2) is 0 Å². The number of amides is 1. The molecule has 1 fully saturated rings. The molecule has 0 spiro atoms. The highest BCUT2D eigenvalue weighted by Gasteiger charge is 2.29. The quantitative estimate of drug-likeness (QED) is 0.745. The first kappa shape index (κ1) is 16.7. The van der Waals surface area contributed by atoms with Crippen molar-refractivity contribution in [1.29, 1.82) is 0 Å². The highest BCUT2D eigenvalue weighted by atomic mass is 16.5. The number of aryl methyl sites for hydroxylation is 1. The Morgan fingerprint density at radius 3 is 2.86 bits per heavy atom. The lowest BCUT2D eigenvalue weighted by molar-refractivity contribution is -0.126. The van der Waals surface area contributed by atoms with Crippen molar-refractivity contribution in [3.63, 3.8) is 0 Å². The summed E-state index contributed by atoms with van der Waals surface area (Å²) in [6.45, 7) is 3.42. The standard InChI is InChI=1S/C16H24N2O4/c1-11-9-12(21-8-7-20-2)3-5-14(11)18-16(19)15-6-4-13(10-17)22-15/h3,5,9,13,15H,4,6-8,10,17H2,1-2H3,(H,18,19)/t13-,15+/m1/s1. The molecule has 2 rings (SSSR count). The molecule has 0 aliphatic carbocycles. The Bertz CT molecular complexity index is 507. The average Bonchev–Trinajstić information content (AvgIpc) is 2.99. The summed E-state index contributed by atoms with van der Waals surface area (Å²) in [5.41, 5.74) is 7.27. The molecule has 1 aromatic carbocycles. The van der Waals surface area contributed by atoms with E-state index in [1.807, 2.05) is 25.1 Å². The number of nitrogens with one attached hydrogen (secondary N) is 1. The van der Waals surface area contributed by atoms with Crippen molar-refractivity contribution in [2.45, 2.75) is 32.0 Å². The number of anilines is 1. The Morgan fingerprint density at radius 1 is 1.41 bits per heavy atom. The molecule has 6 nitrogen and oxygen atoms in total. The van der Waals surface area contributed by atoms with E-state index >= 15 is 0 Å². The highest BCUT2D eigenvalue weighted by Crippen LogP contribution is 2.24. The summed E-state index contributed by atoms with van der Waals surface area (Å²) in [5.74, 6) is 0.639. The monoisotopic (exact) mass is 308 g/mol. The summed E-state index contributed by atoms with van der Waals surface area (Å²) in [4.78, 5) is 12.2. The molecule has 1 aliphatic heterocycles. The maximum atomic E-state index is 12.2. The van der Waals surface area contributed by atoms with Crippen LogP contribution < -0.4 is 15.8 Å². The van der Waals surface area contributed by atoms with Gasteiger partial charge in [-0.3, -0.25) is 4.79 Å². The van der Waals surface area contributed by atoms with Crippen molar-refractivity contribution in [2.24, 2.45) is 5.73 Å². The van der Waals surface area contributed by atoms with E-state index in [1.54, 1.807) is 7.11 Å². The first-order chi connectivity index (χ1) is 10.6. The Kier molecular flexibility index (Phi) is 6.18. The summed E-state index contributed by atoms with van der Waals surface area (Å²) in [7, 11) is 1.63. The molecule has 122 valence electrons. The van der Waals surface area contributed by atoms with Crippen molar-refractivity contribution >= 4 is 11.6 Å². The lowest BCUT2D eigenvalue weighted by Gasteiger charge is -2.15. The van der Waals surface area contributed by atoms with Crippen LogP contribution in [0, 0.1) is 6.92 Å². The number of carbonyl (C=O) groups excluding carboxylic acids is 1. The van der Waals surface area contributed by atoms with E-state index in [9.17, 15) is 4.79 Å².